The molecule has 4 nitrogen and oxygen atoms in total. The van der Waals surface area contributed by atoms with Crippen molar-refractivity contribution in [2.75, 3.05) is 12.4 Å². The predicted molar refractivity (Wildman–Crippen MR) is 45.0 cm³/mol. The summed E-state index contributed by atoms with van der Waals surface area (Å²) in [6.45, 7) is 1.42. The highest BCUT2D eigenvalue weighted by atomic mass is 16.5. The lowest BCUT2D eigenvalue weighted by atomic mass is 10.2. The summed E-state index contributed by atoms with van der Waals surface area (Å²) in [6, 6.07) is 3.19. The summed E-state index contributed by atoms with van der Waals surface area (Å²) in [5.41, 5.74) is 0.420. The van der Waals surface area contributed by atoms with Crippen LogP contribution in [0.2, 0.25) is 0 Å². The lowest BCUT2D eigenvalue weighted by molar-refractivity contribution is -0.590. The van der Waals surface area contributed by atoms with E-state index in [-0.39, 0.29) is 5.78 Å². The fraction of sp³-hybridized carbons (Fsp3) is 0.250. The van der Waals surface area contributed by atoms with Crippen LogP contribution < -0.4 is 10.0 Å². The van der Waals surface area contributed by atoms with E-state index in [1.807, 2.05) is 0 Å². The molecular formula is C8H10N2O2. The van der Waals surface area contributed by atoms with Crippen molar-refractivity contribution in [3.8, 4) is 0 Å². The Balaban J connectivity index is 3.10. The van der Waals surface area contributed by atoms with Crippen LogP contribution in [0.3, 0.4) is 0 Å². The van der Waals surface area contributed by atoms with Crippen LogP contribution in [0.25, 0.3) is 0 Å². The molecule has 1 aromatic rings. The van der Waals surface area contributed by atoms with Crippen molar-refractivity contribution in [3.63, 3.8) is 0 Å². The summed E-state index contributed by atoms with van der Waals surface area (Å²) in [7, 11) is 1.65. The Morgan fingerprint density at radius 3 is 2.67 bits per heavy atom. The van der Waals surface area contributed by atoms with Crippen molar-refractivity contribution in [1.82, 2.24) is 0 Å². The minimum atomic E-state index is -0.109. The summed E-state index contributed by atoms with van der Waals surface area (Å²) in [5, 5.41) is 13.8. The van der Waals surface area contributed by atoms with Crippen LogP contribution in [0.4, 0.5) is 5.82 Å². The van der Waals surface area contributed by atoms with Crippen molar-refractivity contribution in [3.05, 3.63) is 29.1 Å². The van der Waals surface area contributed by atoms with E-state index in [0.717, 1.165) is 0 Å². The highest BCUT2D eigenvalue weighted by molar-refractivity contribution is 5.93. The number of nitrogens with zero attached hydrogens (tertiary/aromatic N) is 1. The Morgan fingerprint density at radius 1 is 1.58 bits per heavy atom. The number of aromatic nitrogens is 1. The number of carbonyl (C=O) groups excluding carboxylic acids is 1. The zero-order chi connectivity index (χ0) is 9.14. The van der Waals surface area contributed by atoms with Crippen LogP contribution in [0, 0.1) is 5.21 Å². The summed E-state index contributed by atoms with van der Waals surface area (Å²) in [5.74, 6) is 0.322. The van der Waals surface area contributed by atoms with E-state index in [1.165, 1.54) is 13.1 Å². The molecule has 0 aliphatic rings. The van der Waals surface area contributed by atoms with Gasteiger partial charge in [0, 0.05) is 6.07 Å². The second-order valence-corrected chi connectivity index (χ2v) is 2.43. The third-order valence-corrected chi connectivity index (χ3v) is 1.58. The SMILES string of the molecule is CNc1ccc(C(C)=O)c[n+]1[O-]. The fourth-order valence-corrected chi connectivity index (χ4v) is 0.883. The molecule has 1 rings (SSSR count). The quantitative estimate of drug-likeness (QED) is 0.397. The molecule has 0 aromatic carbocycles. The smallest absolute Gasteiger partial charge is 0.277 e. The summed E-state index contributed by atoms with van der Waals surface area (Å²) >= 11 is 0. The first-order valence-electron chi connectivity index (χ1n) is 3.57. The van der Waals surface area contributed by atoms with E-state index in [0.29, 0.717) is 16.1 Å². The number of pyridine rings is 1. The molecule has 0 fully saturated rings. The zero-order valence-electron chi connectivity index (χ0n) is 7.00. The predicted octanol–water partition coefficient (Wildman–Crippen LogP) is 0.564. The largest absolute Gasteiger partial charge is 0.711 e. The van der Waals surface area contributed by atoms with E-state index >= 15 is 0 Å². The minimum absolute atomic E-state index is 0.109. The van der Waals surface area contributed by atoms with Crippen molar-refractivity contribution in [1.29, 1.82) is 0 Å². The molecule has 0 saturated carbocycles. The monoisotopic (exact) mass is 166 g/mol. The molecular weight excluding hydrogens is 156 g/mol. The standard InChI is InChI=1S/C8H10N2O2/c1-6(11)7-3-4-8(9-2)10(12)5-7/h3-5,9H,1-2H3. The van der Waals surface area contributed by atoms with E-state index in [9.17, 15) is 10.0 Å². The molecule has 64 valence electrons. The molecule has 4 heteroatoms. The molecule has 0 amide bonds. The summed E-state index contributed by atoms with van der Waals surface area (Å²) < 4.78 is 0.636. The maximum Gasteiger partial charge on any atom is 0.277 e. The zero-order valence-corrected chi connectivity index (χ0v) is 7.00. The number of nitrogens with one attached hydrogen (secondary N) is 1. The third kappa shape index (κ3) is 1.53. The van der Waals surface area contributed by atoms with Crippen LogP contribution in [-0.2, 0) is 0 Å². The van der Waals surface area contributed by atoms with Gasteiger partial charge in [-0.25, -0.2) is 4.73 Å². The Hall–Kier alpha value is -1.58. The number of rotatable bonds is 2. The Bertz CT molecular complexity index is 310. The van der Waals surface area contributed by atoms with Gasteiger partial charge in [-0.1, -0.05) is 0 Å². The Labute approximate surface area is 70.4 Å². The van der Waals surface area contributed by atoms with E-state index in [1.54, 1.807) is 19.2 Å². The molecule has 0 aliphatic heterocycles. The molecule has 1 aromatic heterocycles. The van der Waals surface area contributed by atoms with Crippen molar-refractivity contribution >= 4 is 11.6 Å². The number of Topliss-reactive ketones (excluding diaryl/α,β-unsaturated/α-hetero) is 1. The molecule has 0 aliphatic carbocycles. The number of anilines is 1. The molecule has 0 saturated heterocycles. The van der Waals surface area contributed by atoms with Crippen LogP contribution in [0.1, 0.15) is 17.3 Å². The summed E-state index contributed by atoms with van der Waals surface area (Å²) in [6.07, 6.45) is 1.26. The van der Waals surface area contributed by atoms with Gasteiger partial charge in [-0.2, -0.15) is 0 Å². The van der Waals surface area contributed by atoms with E-state index in [2.05, 4.69) is 5.32 Å². The molecule has 0 atom stereocenters. The van der Waals surface area contributed by atoms with Crippen molar-refractivity contribution in [2.45, 2.75) is 6.92 Å². The molecule has 0 bridgehead atoms. The van der Waals surface area contributed by atoms with Crippen LogP contribution in [0.5, 0.6) is 0 Å². The van der Waals surface area contributed by atoms with Gasteiger partial charge < -0.3 is 5.21 Å². The molecule has 12 heavy (non-hydrogen) atoms. The lowest BCUT2D eigenvalue weighted by Gasteiger charge is -2.07. The highest BCUT2D eigenvalue weighted by Gasteiger charge is 2.04. The second kappa shape index (κ2) is 3.21. The Kier molecular flexibility index (Phi) is 2.28. The van der Waals surface area contributed by atoms with Gasteiger partial charge in [-0.05, 0) is 13.0 Å². The van der Waals surface area contributed by atoms with Gasteiger partial charge in [0.05, 0.1) is 12.6 Å². The van der Waals surface area contributed by atoms with Crippen LogP contribution in [0.15, 0.2) is 18.3 Å². The molecule has 0 radical (unpaired) electrons. The van der Waals surface area contributed by atoms with E-state index < -0.39 is 0 Å². The minimum Gasteiger partial charge on any atom is -0.711 e. The number of hydrogen-bond donors (Lipinski definition) is 1. The molecule has 0 spiro atoms. The van der Waals surface area contributed by atoms with Crippen LogP contribution >= 0.6 is 0 Å². The topological polar surface area (TPSA) is 56.0 Å². The van der Waals surface area contributed by atoms with Gasteiger partial charge in [0.2, 0.25) is 0 Å². The second-order valence-electron chi connectivity index (χ2n) is 2.43. The van der Waals surface area contributed by atoms with Crippen molar-refractivity contribution < 1.29 is 9.52 Å². The maximum absolute atomic E-state index is 11.1. The maximum atomic E-state index is 11.1. The Morgan fingerprint density at radius 2 is 2.25 bits per heavy atom. The summed E-state index contributed by atoms with van der Waals surface area (Å²) in [4.78, 5) is 10.8. The molecule has 1 heterocycles. The average molecular weight is 166 g/mol. The highest BCUT2D eigenvalue weighted by Crippen LogP contribution is 2.01. The first-order valence-corrected chi connectivity index (χ1v) is 3.57. The fourth-order valence-electron chi connectivity index (χ4n) is 0.883. The first kappa shape index (κ1) is 8.52. The lowest BCUT2D eigenvalue weighted by Crippen LogP contribution is -2.30. The van der Waals surface area contributed by atoms with E-state index in [4.69, 9.17) is 0 Å². The van der Waals surface area contributed by atoms with Crippen LogP contribution in [-0.4, -0.2) is 12.8 Å². The number of carbonyl (C=O) groups is 1. The van der Waals surface area contributed by atoms with Gasteiger partial charge in [-0.3, -0.25) is 10.1 Å². The van der Waals surface area contributed by atoms with Gasteiger partial charge in [-0.15, -0.1) is 0 Å². The first-order chi connectivity index (χ1) is 5.65. The molecule has 1 N–H and O–H groups in total. The van der Waals surface area contributed by atoms with Gasteiger partial charge in [0.1, 0.15) is 6.20 Å². The van der Waals surface area contributed by atoms with Crippen molar-refractivity contribution in [2.24, 2.45) is 0 Å². The average Bonchev–Trinajstić information content (AvgIpc) is 2.04. The van der Waals surface area contributed by atoms with Gasteiger partial charge in [0.25, 0.3) is 5.82 Å². The third-order valence-electron chi connectivity index (χ3n) is 1.58. The molecule has 0 unspecified atom stereocenters. The normalized spacial score (nSPS) is 9.50. The number of hydrogen-bond acceptors (Lipinski definition) is 3. The van der Waals surface area contributed by atoms with Gasteiger partial charge >= 0.3 is 0 Å². The number of ketones is 1. The van der Waals surface area contributed by atoms with Gasteiger partial charge in [0.15, 0.2) is 5.78 Å².